The van der Waals surface area contributed by atoms with Gasteiger partial charge in [0.25, 0.3) is 0 Å². The van der Waals surface area contributed by atoms with Crippen molar-refractivity contribution in [3.63, 3.8) is 0 Å². The second-order valence-electron chi connectivity index (χ2n) is 4.30. The van der Waals surface area contributed by atoms with Gasteiger partial charge in [-0.1, -0.05) is 6.07 Å². The van der Waals surface area contributed by atoms with Gasteiger partial charge in [-0.2, -0.15) is 4.98 Å². The Kier molecular flexibility index (Phi) is 2.88. The minimum absolute atomic E-state index is 0.0278. The first kappa shape index (κ1) is 11.4. The van der Waals surface area contributed by atoms with Crippen LogP contribution in [0.25, 0.3) is 0 Å². The van der Waals surface area contributed by atoms with Crippen molar-refractivity contribution in [2.45, 2.75) is 19.3 Å². The van der Waals surface area contributed by atoms with E-state index in [1.165, 1.54) is 17.5 Å². The molecular weight excluding hydrogens is 253 g/mol. The molecule has 0 unspecified atom stereocenters. The quantitative estimate of drug-likeness (QED) is 0.843. The molecule has 0 amide bonds. The molecule has 3 rings (SSSR count). The molecule has 0 saturated heterocycles. The van der Waals surface area contributed by atoms with Crippen LogP contribution in [0, 0.1) is 5.82 Å². The molecule has 0 fully saturated rings. The van der Waals surface area contributed by atoms with Gasteiger partial charge in [0.15, 0.2) is 11.6 Å². The number of aryl methyl sites for hydroxylation is 2. The lowest BCUT2D eigenvalue weighted by atomic mass is 10.1. The lowest BCUT2D eigenvalue weighted by Gasteiger charge is -2.08. The normalized spacial score (nSPS) is 13.4. The minimum Gasteiger partial charge on any atom is -0.338 e. The number of hydrogen-bond donors (Lipinski definition) is 1. The summed E-state index contributed by atoms with van der Waals surface area (Å²) in [4.78, 5) is 7.41. The second-order valence-corrected chi connectivity index (χ2v) is 4.64. The molecule has 1 N–H and O–H groups in total. The maximum Gasteiger partial charge on any atom is 0.224 e. The fourth-order valence-electron chi connectivity index (χ4n) is 2.22. The van der Waals surface area contributed by atoms with Crippen LogP contribution in [0.3, 0.4) is 0 Å². The van der Waals surface area contributed by atoms with E-state index in [9.17, 15) is 4.39 Å². The summed E-state index contributed by atoms with van der Waals surface area (Å²) in [7, 11) is 0. The van der Waals surface area contributed by atoms with Gasteiger partial charge in [-0.15, -0.1) is 0 Å². The zero-order chi connectivity index (χ0) is 12.5. The Morgan fingerprint density at radius 3 is 2.94 bits per heavy atom. The molecule has 1 aliphatic rings. The zero-order valence-electron chi connectivity index (χ0n) is 9.58. The minimum atomic E-state index is -0.514. The third-order valence-corrected chi connectivity index (χ3v) is 3.26. The molecule has 0 saturated carbocycles. The molecule has 18 heavy (non-hydrogen) atoms. The molecule has 2 aromatic rings. The standard InChI is InChI=1S/C13H11ClFN3/c14-13-16-7-11(15)12(18-13)17-10-5-4-8-2-1-3-9(8)6-10/h4-7H,1-3H2,(H,16,17,18). The second kappa shape index (κ2) is 4.53. The smallest absolute Gasteiger partial charge is 0.224 e. The predicted octanol–water partition coefficient (Wildman–Crippen LogP) is 3.50. The van der Waals surface area contributed by atoms with Gasteiger partial charge >= 0.3 is 0 Å². The van der Waals surface area contributed by atoms with Crippen molar-refractivity contribution in [3.8, 4) is 0 Å². The van der Waals surface area contributed by atoms with E-state index in [1.807, 2.05) is 12.1 Å². The van der Waals surface area contributed by atoms with Crippen LogP contribution < -0.4 is 5.32 Å². The molecule has 5 heteroatoms. The highest BCUT2D eigenvalue weighted by Crippen LogP contribution is 2.26. The molecule has 92 valence electrons. The van der Waals surface area contributed by atoms with E-state index < -0.39 is 5.82 Å². The maximum absolute atomic E-state index is 13.5. The van der Waals surface area contributed by atoms with Gasteiger partial charge in [-0.25, -0.2) is 9.37 Å². The number of rotatable bonds is 2. The average molecular weight is 264 g/mol. The summed E-state index contributed by atoms with van der Waals surface area (Å²) < 4.78 is 13.5. The van der Waals surface area contributed by atoms with E-state index in [0.29, 0.717) is 0 Å². The highest BCUT2D eigenvalue weighted by Gasteiger charge is 2.12. The van der Waals surface area contributed by atoms with Crippen molar-refractivity contribution in [2.75, 3.05) is 5.32 Å². The van der Waals surface area contributed by atoms with Gasteiger partial charge in [-0.3, -0.25) is 0 Å². The summed E-state index contributed by atoms with van der Waals surface area (Å²) in [6, 6.07) is 6.04. The summed E-state index contributed by atoms with van der Waals surface area (Å²) in [6.07, 6.45) is 4.46. The zero-order valence-corrected chi connectivity index (χ0v) is 10.3. The van der Waals surface area contributed by atoms with Gasteiger partial charge in [-0.05, 0) is 54.1 Å². The van der Waals surface area contributed by atoms with Crippen LogP contribution in [-0.4, -0.2) is 9.97 Å². The Bertz CT molecular complexity index is 601. The number of nitrogens with one attached hydrogen (secondary N) is 1. The van der Waals surface area contributed by atoms with Gasteiger partial charge in [0.1, 0.15) is 0 Å². The van der Waals surface area contributed by atoms with E-state index in [-0.39, 0.29) is 11.1 Å². The molecule has 0 atom stereocenters. The van der Waals surface area contributed by atoms with Crippen molar-refractivity contribution < 1.29 is 4.39 Å². The summed E-state index contributed by atoms with van der Waals surface area (Å²) in [5.74, 6) is -0.409. The summed E-state index contributed by atoms with van der Waals surface area (Å²) >= 11 is 5.65. The van der Waals surface area contributed by atoms with Crippen LogP contribution in [0.1, 0.15) is 17.5 Å². The molecule has 3 nitrogen and oxygen atoms in total. The van der Waals surface area contributed by atoms with E-state index in [4.69, 9.17) is 11.6 Å². The fraction of sp³-hybridized carbons (Fsp3) is 0.231. The molecule has 1 aliphatic carbocycles. The Morgan fingerprint density at radius 2 is 2.06 bits per heavy atom. The molecule has 1 aromatic carbocycles. The van der Waals surface area contributed by atoms with Crippen LogP contribution in [0.5, 0.6) is 0 Å². The number of anilines is 2. The summed E-state index contributed by atoms with van der Waals surface area (Å²) in [5, 5.41) is 2.96. The SMILES string of the molecule is Fc1cnc(Cl)nc1Nc1ccc2c(c1)CCC2. The topological polar surface area (TPSA) is 37.8 Å². The highest BCUT2D eigenvalue weighted by molar-refractivity contribution is 6.28. The van der Waals surface area contributed by atoms with Crippen molar-refractivity contribution in [1.82, 2.24) is 9.97 Å². The Morgan fingerprint density at radius 1 is 1.22 bits per heavy atom. The van der Waals surface area contributed by atoms with E-state index in [0.717, 1.165) is 24.7 Å². The van der Waals surface area contributed by atoms with Crippen molar-refractivity contribution in [1.29, 1.82) is 0 Å². The lowest BCUT2D eigenvalue weighted by Crippen LogP contribution is -1.99. The molecule has 0 bridgehead atoms. The van der Waals surface area contributed by atoms with E-state index in [2.05, 4.69) is 21.4 Å². The average Bonchev–Trinajstić information content (AvgIpc) is 2.81. The fourth-order valence-corrected chi connectivity index (χ4v) is 2.35. The molecule has 1 aromatic heterocycles. The van der Waals surface area contributed by atoms with Gasteiger partial charge in [0.2, 0.25) is 5.28 Å². The van der Waals surface area contributed by atoms with Gasteiger partial charge in [0.05, 0.1) is 6.20 Å². The first-order chi connectivity index (χ1) is 8.72. The molecule has 0 radical (unpaired) electrons. The molecule has 0 spiro atoms. The third kappa shape index (κ3) is 2.16. The first-order valence-corrected chi connectivity index (χ1v) is 6.17. The summed E-state index contributed by atoms with van der Waals surface area (Å²) in [5.41, 5.74) is 3.52. The Balaban J connectivity index is 1.90. The van der Waals surface area contributed by atoms with Crippen LogP contribution in [0.2, 0.25) is 5.28 Å². The van der Waals surface area contributed by atoms with E-state index in [1.54, 1.807) is 0 Å². The van der Waals surface area contributed by atoms with Gasteiger partial charge < -0.3 is 5.32 Å². The number of fused-ring (bicyclic) bond motifs is 1. The van der Waals surface area contributed by atoms with Gasteiger partial charge in [0, 0.05) is 5.69 Å². The number of aromatic nitrogens is 2. The number of hydrogen-bond acceptors (Lipinski definition) is 3. The van der Waals surface area contributed by atoms with Crippen LogP contribution >= 0.6 is 11.6 Å². The largest absolute Gasteiger partial charge is 0.338 e. The molecule has 0 aliphatic heterocycles. The van der Waals surface area contributed by atoms with Crippen LogP contribution in [-0.2, 0) is 12.8 Å². The molecular formula is C13H11ClFN3. The Hall–Kier alpha value is -1.68. The van der Waals surface area contributed by atoms with E-state index >= 15 is 0 Å². The number of benzene rings is 1. The third-order valence-electron chi connectivity index (χ3n) is 3.08. The Labute approximate surface area is 109 Å². The lowest BCUT2D eigenvalue weighted by molar-refractivity contribution is 0.619. The van der Waals surface area contributed by atoms with Crippen LogP contribution in [0.15, 0.2) is 24.4 Å². The van der Waals surface area contributed by atoms with Crippen LogP contribution in [0.4, 0.5) is 15.9 Å². The number of nitrogens with zero attached hydrogens (tertiary/aromatic N) is 2. The van der Waals surface area contributed by atoms with Crippen molar-refractivity contribution in [2.24, 2.45) is 0 Å². The molecule has 1 heterocycles. The maximum atomic E-state index is 13.5. The van der Waals surface area contributed by atoms with Crippen molar-refractivity contribution in [3.05, 3.63) is 46.6 Å². The summed E-state index contributed by atoms with van der Waals surface area (Å²) in [6.45, 7) is 0. The predicted molar refractivity (Wildman–Crippen MR) is 68.7 cm³/mol. The highest BCUT2D eigenvalue weighted by atomic mass is 35.5. The first-order valence-electron chi connectivity index (χ1n) is 5.79. The van der Waals surface area contributed by atoms with Crippen molar-refractivity contribution >= 4 is 23.1 Å². The number of halogens is 2. The monoisotopic (exact) mass is 263 g/mol.